The molecule has 2 saturated heterocycles. The molecular weight excluding hydrogens is 316 g/mol. The lowest BCUT2D eigenvalue weighted by atomic mass is 9.92. The van der Waals surface area contributed by atoms with E-state index >= 15 is 0 Å². The SMILES string of the molecule is CCN1CCN(C(=O)CC2CCN(c3nccnc3C#N)CC2)CC1. The first-order valence-corrected chi connectivity index (χ1v) is 9.17. The third-order valence-corrected chi connectivity index (χ3v) is 5.33. The number of likely N-dealkylation sites (N-methyl/N-ethyl adjacent to an activating group) is 1. The predicted octanol–water partition coefficient (Wildman–Crippen LogP) is 1.12. The molecule has 0 atom stereocenters. The smallest absolute Gasteiger partial charge is 0.222 e. The second-order valence-electron chi connectivity index (χ2n) is 6.79. The fourth-order valence-electron chi connectivity index (χ4n) is 3.68. The van der Waals surface area contributed by atoms with Gasteiger partial charge in [-0.15, -0.1) is 0 Å². The number of carbonyl (C=O) groups is 1. The van der Waals surface area contributed by atoms with Crippen LogP contribution in [0.4, 0.5) is 5.82 Å². The van der Waals surface area contributed by atoms with Crippen LogP contribution >= 0.6 is 0 Å². The van der Waals surface area contributed by atoms with Gasteiger partial charge in [0.1, 0.15) is 6.07 Å². The number of aromatic nitrogens is 2. The van der Waals surface area contributed by atoms with Crippen LogP contribution in [0, 0.1) is 17.2 Å². The van der Waals surface area contributed by atoms with Gasteiger partial charge in [0.25, 0.3) is 0 Å². The maximum Gasteiger partial charge on any atom is 0.222 e. The van der Waals surface area contributed by atoms with Gasteiger partial charge in [-0.3, -0.25) is 4.79 Å². The van der Waals surface area contributed by atoms with E-state index in [4.69, 9.17) is 5.26 Å². The van der Waals surface area contributed by atoms with Gasteiger partial charge < -0.3 is 14.7 Å². The summed E-state index contributed by atoms with van der Waals surface area (Å²) >= 11 is 0. The Balaban J connectivity index is 1.48. The summed E-state index contributed by atoms with van der Waals surface area (Å²) in [6.45, 7) is 8.58. The molecule has 1 amide bonds. The van der Waals surface area contributed by atoms with Crippen molar-refractivity contribution in [2.45, 2.75) is 26.2 Å². The van der Waals surface area contributed by atoms with Gasteiger partial charge >= 0.3 is 0 Å². The Morgan fingerprint density at radius 1 is 1.16 bits per heavy atom. The van der Waals surface area contributed by atoms with E-state index in [1.54, 1.807) is 12.4 Å². The Kier molecular flexibility index (Phi) is 5.82. The molecule has 7 heteroatoms. The van der Waals surface area contributed by atoms with Gasteiger partial charge in [-0.1, -0.05) is 6.92 Å². The highest BCUT2D eigenvalue weighted by atomic mass is 16.2. The number of rotatable bonds is 4. The Hall–Kier alpha value is -2.20. The Morgan fingerprint density at radius 3 is 2.48 bits per heavy atom. The zero-order valence-corrected chi connectivity index (χ0v) is 14.9. The normalized spacial score (nSPS) is 19.7. The van der Waals surface area contributed by atoms with Crippen molar-refractivity contribution in [1.82, 2.24) is 19.8 Å². The van der Waals surface area contributed by atoms with E-state index in [0.29, 0.717) is 29.8 Å². The van der Waals surface area contributed by atoms with Gasteiger partial charge in [-0.2, -0.15) is 5.26 Å². The molecular formula is C18H26N6O. The van der Waals surface area contributed by atoms with Gasteiger partial charge in [0, 0.05) is 58.1 Å². The van der Waals surface area contributed by atoms with Gasteiger partial charge in [0.05, 0.1) is 0 Å². The summed E-state index contributed by atoms with van der Waals surface area (Å²) in [5, 5.41) is 9.17. The summed E-state index contributed by atoms with van der Waals surface area (Å²) in [5.74, 6) is 1.40. The van der Waals surface area contributed by atoms with Crippen molar-refractivity contribution in [2.75, 3.05) is 50.7 Å². The summed E-state index contributed by atoms with van der Waals surface area (Å²) in [6, 6.07) is 2.11. The van der Waals surface area contributed by atoms with E-state index in [2.05, 4.69) is 32.8 Å². The number of nitrogens with zero attached hydrogens (tertiary/aromatic N) is 6. The van der Waals surface area contributed by atoms with Crippen LogP contribution in [0.1, 0.15) is 31.9 Å². The van der Waals surface area contributed by atoms with Crippen molar-refractivity contribution < 1.29 is 4.79 Å². The van der Waals surface area contributed by atoms with Gasteiger partial charge in [-0.05, 0) is 25.3 Å². The van der Waals surface area contributed by atoms with E-state index in [0.717, 1.165) is 58.7 Å². The summed E-state index contributed by atoms with van der Waals surface area (Å²) < 4.78 is 0. The highest BCUT2D eigenvalue weighted by molar-refractivity contribution is 5.76. The molecule has 25 heavy (non-hydrogen) atoms. The van der Waals surface area contributed by atoms with Crippen LogP contribution in [0.2, 0.25) is 0 Å². The van der Waals surface area contributed by atoms with E-state index in [1.807, 2.05) is 4.90 Å². The fourth-order valence-corrected chi connectivity index (χ4v) is 3.68. The number of anilines is 1. The third-order valence-electron chi connectivity index (χ3n) is 5.33. The fraction of sp³-hybridized carbons (Fsp3) is 0.667. The van der Waals surface area contributed by atoms with Crippen molar-refractivity contribution in [3.63, 3.8) is 0 Å². The highest BCUT2D eigenvalue weighted by Gasteiger charge is 2.27. The van der Waals surface area contributed by atoms with Crippen LogP contribution in [-0.4, -0.2) is 71.5 Å². The lowest BCUT2D eigenvalue weighted by Gasteiger charge is -2.36. The van der Waals surface area contributed by atoms with Gasteiger partial charge in [0.2, 0.25) is 5.91 Å². The van der Waals surface area contributed by atoms with E-state index < -0.39 is 0 Å². The molecule has 1 aromatic heterocycles. The number of hydrogen-bond acceptors (Lipinski definition) is 6. The number of hydrogen-bond donors (Lipinski definition) is 0. The van der Waals surface area contributed by atoms with E-state index in [9.17, 15) is 4.79 Å². The average molecular weight is 342 g/mol. The zero-order chi connectivity index (χ0) is 17.6. The Bertz CT molecular complexity index is 627. The van der Waals surface area contributed by atoms with Gasteiger partial charge in [-0.25, -0.2) is 9.97 Å². The van der Waals surface area contributed by atoms with Crippen LogP contribution in [0.3, 0.4) is 0 Å². The second kappa shape index (κ2) is 8.26. The maximum atomic E-state index is 12.5. The first-order chi connectivity index (χ1) is 12.2. The quantitative estimate of drug-likeness (QED) is 0.816. The first-order valence-electron chi connectivity index (χ1n) is 9.17. The van der Waals surface area contributed by atoms with Crippen molar-refractivity contribution in [3.8, 4) is 6.07 Å². The highest BCUT2D eigenvalue weighted by Crippen LogP contribution is 2.25. The number of amides is 1. The topological polar surface area (TPSA) is 76.4 Å². The predicted molar refractivity (Wildman–Crippen MR) is 95.0 cm³/mol. The standard InChI is InChI=1S/C18H26N6O/c1-2-22-9-11-23(12-10-22)17(25)13-15-3-7-24(8-4-15)18-16(14-19)20-5-6-21-18/h5-6,15H,2-4,7-13H2,1H3. The van der Waals surface area contributed by atoms with Crippen molar-refractivity contribution in [2.24, 2.45) is 5.92 Å². The molecule has 2 fully saturated rings. The summed E-state index contributed by atoms with van der Waals surface area (Å²) in [5.41, 5.74) is 0.380. The van der Waals surface area contributed by atoms with Crippen LogP contribution < -0.4 is 4.90 Å². The molecule has 0 unspecified atom stereocenters. The third kappa shape index (κ3) is 4.26. The molecule has 0 bridgehead atoms. The molecule has 134 valence electrons. The molecule has 0 aliphatic carbocycles. The van der Waals surface area contributed by atoms with Crippen LogP contribution in [0.25, 0.3) is 0 Å². The summed E-state index contributed by atoms with van der Waals surface area (Å²) in [4.78, 5) is 27.5. The molecule has 0 N–H and O–H groups in total. The van der Waals surface area contributed by atoms with Gasteiger partial charge in [0.15, 0.2) is 11.5 Å². The number of piperazine rings is 1. The monoisotopic (exact) mass is 342 g/mol. The second-order valence-corrected chi connectivity index (χ2v) is 6.79. The largest absolute Gasteiger partial charge is 0.354 e. The molecule has 0 spiro atoms. The molecule has 3 rings (SSSR count). The van der Waals surface area contributed by atoms with Crippen molar-refractivity contribution in [1.29, 1.82) is 5.26 Å². The van der Waals surface area contributed by atoms with Crippen molar-refractivity contribution >= 4 is 11.7 Å². The Labute approximate surface area is 149 Å². The maximum absolute atomic E-state index is 12.5. The lowest BCUT2D eigenvalue weighted by molar-refractivity contribution is -0.134. The first kappa shape index (κ1) is 17.6. The van der Waals surface area contributed by atoms with Crippen LogP contribution in [-0.2, 0) is 4.79 Å². The molecule has 3 heterocycles. The number of nitriles is 1. The zero-order valence-electron chi connectivity index (χ0n) is 14.9. The molecule has 7 nitrogen and oxygen atoms in total. The molecule has 2 aliphatic rings. The molecule has 0 radical (unpaired) electrons. The summed E-state index contributed by atoms with van der Waals surface area (Å²) in [7, 11) is 0. The van der Waals surface area contributed by atoms with E-state index in [-0.39, 0.29) is 0 Å². The minimum absolute atomic E-state index is 0.298. The molecule has 1 aromatic rings. The minimum Gasteiger partial charge on any atom is -0.354 e. The van der Waals surface area contributed by atoms with E-state index in [1.165, 1.54) is 0 Å². The molecule has 2 aliphatic heterocycles. The minimum atomic E-state index is 0.298. The number of piperidine rings is 1. The average Bonchev–Trinajstić information content (AvgIpc) is 2.68. The van der Waals surface area contributed by atoms with Crippen LogP contribution in [0.5, 0.6) is 0 Å². The Morgan fingerprint density at radius 2 is 1.84 bits per heavy atom. The van der Waals surface area contributed by atoms with Crippen LogP contribution in [0.15, 0.2) is 12.4 Å². The molecule has 0 aromatic carbocycles. The van der Waals surface area contributed by atoms with Crippen molar-refractivity contribution in [3.05, 3.63) is 18.1 Å². The number of carbonyl (C=O) groups excluding carboxylic acids is 1. The lowest BCUT2D eigenvalue weighted by Crippen LogP contribution is -2.49. The molecule has 0 saturated carbocycles. The summed E-state index contributed by atoms with van der Waals surface area (Å²) in [6.07, 6.45) is 5.74.